The Hall–Kier alpha value is -3.88. The Morgan fingerprint density at radius 2 is 1.90 bits per heavy atom. The van der Waals surface area contributed by atoms with E-state index < -0.39 is 36.2 Å². The van der Waals surface area contributed by atoms with Gasteiger partial charge in [0.15, 0.2) is 6.61 Å². The summed E-state index contributed by atoms with van der Waals surface area (Å²) in [5.74, 6) is -2.23. The number of methoxy groups -OCH3 is 1. The van der Waals surface area contributed by atoms with E-state index in [4.69, 9.17) is 9.47 Å². The van der Waals surface area contributed by atoms with E-state index in [2.05, 4.69) is 10.7 Å². The van der Waals surface area contributed by atoms with Gasteiger partial charge in [-0.1, -0.05) is 23.8 Å². The number of hydrogen-bond acceptors (Lipinski definition) is 6. The summed E-state index contributed by atoms with van der Waals surface area (Å²) in [6.45, 7) is 1.34. The molecule has 9 heteroatoms. The highest BCUT2D eigenvalue weighted by Crippen LogP contribution is 2.19. The van der Waals surface area contributed by atoms with Crippen molar-refractivity contribution in [2.24, 2.45) is 5.92 Å². The number of nitrogens with one attached hydrogen (secondary N) is 2. The molecule has 0 unspecified atom stereocenters. The van der Waals surface area contributed by atoms with E-state index >= 15 is 0 Å². The van der Waals surface area contributed by atoms with Gasteiger partial charge in [-0.05, 0) is 31.2 Å². The number of amides is 3. The van der Waals surface area contributed by atoms with E-state index in [9.17, 15) is 19.2 Å². The Morgan fingerprint density at radius 3 is 2.65 bits per heavy atom. The van der Waals surface area contributed by atoms with Gasteiger partial charge in [-0.25, -0.2) is 0 Å². The third-order valence-electron chi connectivity index (χ3n) is 4.67. The molecule has 0 saturated carbocycles. The zero-order valence-corrected chi connectivity index (χ0v) is 17.2. The Balaban J connectivity index is 1.48. The van der Waals surface area contributed by atoms with Gasteiger partial charge in [0.05, 0.1) is 19.6 Å². The lowest BCUT2D eigenvalue weighted by molar-refractivity contribution is -0.151. The number of rotatable bonds is 7. The van der Waals surface area contributed by atoms with Crippen molar-refractivity contribution in [1.82, 2.24) is 10.4 Å². The third kappa shape index (κ3) is 5.81. The van der Waals surface area contributed by atoms with Crippen LogP contribution in [0.1, 0.15) is 22.3 Å². The van der Waals surface area contributed by atoms with Crippen LogP contribution in [0.4, 0.5) is 5.69 Å². The minimum Gasteiger partial charge on any atom is -0.497 e. The first-order chi connectivity index (χ1) is 14.9. The van der Waals surface area contributed by atoms with E-state index in [0.717, 1.165) is 10.6 Å². The van der Waals surface area contributed by atoms with Crippen LogP contribution < -0.4 is 15.5 Å². The zero-order chi connectivity index (χ0) is 22.4. The van der Waals surface area contributed by atoms with Crippen molar-refractivity contribution >= 4 is 29.4 Å². The quantitative estimate of drug-likeness (QED) is 0.653. The molecule has 0 bridgehead atoms. The molecule has 1 fully saturated rings. The normalized spacial score (nSPS) is 15.4. The number of benzene rings is 2. The fourth-order valence-electron chi connectivity index (χ4n) is 3.10. The number of carbonyl (C=O) groups excluding carboxylic acids is 4. The van der Waals surface area contributed by atoms with E-state index in [1.54, 1.807) is 42.5 Å². The van der Waals surface area contributed by atoms with Crippen LogP contribution in [0.15, 0.2) is 48.5 Å². The topological polar surface area (TPSA) is 114 Å². The van der Waals surface area contributed by atoms with E-state index in [-0.39, 0.29) is 13.0 Å². The highest BCUT2D eigenvalue weighted by molar-refractivity contribution is 5.97. The third-order valence-corrected chi connectivity index (χ3v) is 4.67. The van der Waals surface area contributed by atoms with E-state index in [1.807, 2.05) is 13.0 Å². The van der Waals surface area contributed by atoms with Crippen LogP contribution in [-0.4, -0.2) is 49.0 Å². The predicted molar refractivity (Wildman–Crippen MR) is 111 cm³/mol. The summed E-state index contributed by atoms with van der Waals surface area (Å²) in [6, 6.07) is 13.7. The molecule has 1 aliphatic heterocycles. The Bertz CT molecular complexity index is 1010. The second-order valence-electron chi connectivity index (χ2n) is 7.10. The predicted octanol–water partition coefficient (Wildman–Crippen LogP) is 1.68. The van der Waals surface area contributed by atoms with Crippen LogP contribution in [0, 0.1) is 12.8 Å². The van der Waals surface area contributed by atoms with Crippen LogP contribution in [0.5, 0.6) is 5.75 Å². The molecule has 1 saturated heterocycles. The number of anilines is 1. The highest BCUT2D eigenvalue weighted by Gasteiger charge is 2.36. The van der Waals surface area contributed by atoms with Crippen LogP contribution in [-0.2, 0) is 19.1 Å². The maximum atomic E-state index is 12.3. The van der Waals surface area contributed by atoms with Crippen molar-refractivity contribution in [2.75, 3.05) is 25.6 Å². The molecule has 0 aromatic heterocycles. The summed E-state index contributed by atoms with van der Waals surface area (Å²) in [5.41, 5.74) is 4.33. The molecule has 2 N–H and O–H groups in total. The summed E-state index contributed by atoms with van der Waals surface area (Å²) in [6.07, 6.45) is -0.107. The molecule has 31 heavy (non-hydrogen) atoms. The van der Waals surface area contributed by atoms with Crippen LogP contribution in [0.2, 0.25) is 0 Å². The Morgan fingerprint density at radius 1 is 1.13 bits per heavy atom. The molecule has 3 amide bonds. The number of carbonyl (C=O) groups is 4. The van der Waals surface area contributed by atoms with E-state index in [1.165, 1.54) is 7.11 Å². The van der Waals surface area contributed by atoms with Gasteiger partial charge >= 0.3 is 5.97 Å². The first-order valence-electron chi connectivity index (χ1n) is 9.64. The van der Waals surface area contributed by atoms with Crippen molar-refractivity contribution in [3.05, 3.63) is 59.7 Å². The van der Waals surface area contributed by atoms with Gasteiger partial charge in [-0.15, -0.1) is 0 Å². The van der Waals surface area contributed by atoms with Crippen molar-refractivity contribution in [3.63, 3.8) is 0 Å². The Labute approximate surface area is 179 Å². The maximum Gasteiger partial charge on any atom is 0.311 e. The van der Waals surface area contributed by atoms with Crippen LogP contribution >= 0.6 is 0 Å². The van der Waals surface area contributed by atoms with Gasteiger partial charge in [0.2, 0.25) is 5.91 Å². The lowest BCUT2D eigenvalue weighted by atomic mass is 10.1. The molecule has 9 nitrogen and oxygen atoms in total. The first kappa shape index (κ1) is 21.8. The highest BCUT2D eigenvalue weighted by atomic mass is 16.5. The second-order valence-corrected chi connectivity index (χ2v) is 7.10. The molecule has 2 aromatic carbocycles. The molecule has 1 atom stereocenters. The fourth-order valence-corrected chi connectivity index (χ4v) is 3.10. The minimum absolute atomic E-state index is 0.0211. The molecule has 0 aliphatic carbocycles. The minimum atomic E-state index is -0.769. The van der Waals surface area contributed by atoms with Gasteiger partial charge in [-0.2, -0.15) is 0 Å². The van der Waals surface area contributed by atoms with Crippen molar-refractivity contribution in [1.29, 1.82) is 0 Å². The van der Waals surface area contributed by atoms with Crippen LogP contribution in [0.3, 0.4) is 0 Å². The van der Waals surface area contributed by atoms with Crippen molar-refractivity contribution in [3.8, 4) is 5.75 Å². The molecular formula is C22H23N3O6. The molecule has 162 valence electrons. The lowest BCUT2D eigenvalue weighted by Crippen LogP contribution is -2.43. The molecule has 1 aliphatic rings. The molecule has 3 rings (SSSR count). The molecule has 1 heterocycles. The maximum absolute atomic E-state index is 12.3. The monoisotopic (exact) mass is 425 g/mol. The SMILES string of the molecule is COc1cccc(NC(=O)COC(=O)[C@@H]2CC(=O)N(NC(=O)c3cccc(C)c3)C2)c1. The number of hydrogen-bond donors (Lipinski definition) is 2. The standard InChI is InChI=1S/C22H23N3O6/c1-14-5-3-6-15(9-14)21(28)24-25-12-16(10-20(25)27)22(29)31-13-19(26)23-17-7-4-8-18(11-17)30-2/h3-9,11,16H,10,12-13H2,1-2H3,(H,23,26)(H,24,28)/t16-/m1/s1. The van der Waals surface area contributed by atoms with Crippen LogP contribution in [0.25, 0.3) is 0 Å². The Kier molecular flexibility index (Phi) is 6.86. The molecule has 2 aromatic rings. The average Bonchev–Trinajstić information content (AvgIpc) is 3.12. The van der Waals surface area contributed by atoms with Gasteiger partial charge in [-0.3, -0.25) is 29.6 Å². The lowest BCUT2D eigenvalue weighted by Gasteiger charge is -2.17. The van der Waals surface area contributed by atoms with Gasteiger partial charge in [0.1, 0.15) is 5.75 Å². The summed E-state index contributed by atoms with van der Waals surface area (Å²) < 4.78 is 10.1. The number of nitrogens with zero attached hydrogens (tertiary/aromatic N) is 1. The van der Waals surface area contributed by atoms with Crippen molar-refractivity contribution in [2.45, 2.75) is 13.3 Å². The number of hydrazine groups is 1. The second kappa shape index (κ2) is 9.75. The summed E-state index contributed by atoms with van der Waals surface area (Å²) in [4.78, 5) is 48.8. The summed E-state index contributed by atoms with van der Waals surface area (Å²) in [7, 11) is 1.51. The molecule has 0 spiro atoms. The largest absolute Gasteiger partial charge is 0.497 e. The van der Waals surface area contributed by atoms with Gasteiger partial charge in [0, 0.05) is 23.7 Å². The average molecular weight is 425 g/mol. The summed E-state index contributed by atoms with van der Waals surface area (Å²) in [5, 5.41) is 3.70. The zero-order valence-electron chi connectivity index (χ0n) is 17.2. The van der Waals surface area contributed by atoms with Crippen molar-refractivity contribution < 1.29 is 28.7 Å². The molecular weight excluding hydrogens is 402 g/mol. The van der Waals surface area contributed by atoms with Gasteiger partial charge in [0.25, 0.3) is 11.8 Å². The first-order valence-corrected chi connectivity index (χ1v) is 9.64. The number of esters is 1. The summed E-state index contributed by atoms with van der Waals surface area (Å²) >= 11 is 0. The number of ether oxygens (including phenoxy) is 2. The molecule has 0 radical (unpaired) electrons. The fraction of sp³-hybridized carbons (Fsp3) is 0.273. The smallest absolute Gasteiger partial charge is 0.311 e. The van der Waals surface area contributed by atoms with Gasteiger partial charge < -0.3 is 14.8 Å². The van der Waals surface area contributed by atoms with E-state index in [0.29, 0.717) is 17.0 Å². The number of aryl methyl sites for hydroxylation is 1.